The van der Waals surface area contributed by atoms with Crippen LogP contribution >= 0.6 is 11.6 Å². The molecular formula is C19H16ClNO2. The summed E-state index contributed by atoms with van der Waals surface area (Å²) >= 11 is 6.19. The molecule has 0 unspecified atom stereocenters. The van der Waals surface area contributed by atoms with Gasteiger partial charge in [-0.25, -0.2) is 4.90 Å². The predicted molar refractivity (Wildman–Crippen MR) is 92.4 cm³/mol. The van der Waals surface area contributed by atoms with Gasteiger partial charge in [0.15, 0.2) is 0 Å². The summed E-state index contributed by atoms with van der Waals surface area (Å²) in [6.07, 6.45) is 0. The molecule has 2 amide bonds. The van der Waals surface area contributed by atoms with Gasteiger partial charge in [0.1, 0.15) is 5.03 Å². The molecule has 0 spiro atoms. The van der Waals surface area contributed by atoms with Crippen molar-refractivity contribution in [2.75, 3.05) is 4.90 Å². The molecule has 0 saturated heterocycles. The Balaban J connectivity index is 2.05. The summed E-state index contributed by atoms with van der Waals surface area (Å²) in [7, 11) is 0. The lowest BCUT2D eigenvalue weighted by Crippen LogP contribution is -2.31. The van der Waals surface area contributed by atoms with E-state index in [1.165, 1.54) is 0 Å². The predicted octanol–water partition coefficient (Wildman–Crippen LogP) is 4.14. The monoisotopic (exact) mass is 325 g/mol. The zero-order valence-electron chi connectivity index (χ0n) is 13.2. The highest BCUT2D eigenvalue weighted by atomic mass is 35.5. The van der Waals surface area contributed by atoms with Crippen LogP contribution in [0.5, 0.6) is 0 Å². The van der Waals surface area contributed by atoms with Crippen molar-refractivity contribution in [2.45, 2.75) is 20.8 Å². The lowest BCUT2D eigenvalue weighted by molar-refractivity contribution is -0.119. The lowest BCUT2D eigenvalue weighted by atomic mass is 10.0. The molecule has 3 nitrogen and oxygen atoms in total. The Morgan fingerprint density at radius 2 is 1.48 bits per heavy atom. The van der Waals surface area contributed by atoms with Gasteiger partial charge in [-0.3, -0.25) is 9.59 Å². The number of halogens is 1. The van der Waals surface area contributed by atoms with Crippen molar-refractivity contribution in [3.05, 3.63) is 69.8 Å². The van der Waals surface area contributed by atoms with Crippen molar-refractivity contribution in [1.82, 2.24) is 0 Å². The summed E-state index contributed by atoms with van der Waals surface area (Å²) in [5.41, 5.74) is 4.70. The van der Waals surface area contributed by atoms with Crippen LogP contribution in [0, 0.1) is 20.8 Å². The van der Waals surface area contributed by atoms with E-state index in [0.717, 1.165) is 21.6 Å². The van der Waals surface area contributed by atoms with Crippen LogP contribution in [0.1, 0.15) is 22.3 Å². The van der Waals surface area contributed by atoms with E-state index in [2.05, 4.69) is 0 Å². The smallest absolute Gasteiger partial charge is 0.268 e. The van der Waals surface area contributed by atoms with Gasteiger partial charge >= 0.3 is 0 Å². The molecule has 0 atom stereocenters. The van der Waals surface area contributed by atoms with Gasteiger partial charge in [0.2, 0.25) is 0 Å². The molecule has 1 aliphatic rings. The molecule has 0 radical (unpaired) electrons. The standard InChI is InChI=1S/C19H16ClNO2/c1-11-4-8-15(9-5-11)21-18(22)16(17(20)19(21)23)14-7-6-12(2)13(3)10-14/h4-10H,1-3H3. The molecule has 2 aromatic rings. The third-order valence-corrected chi connectivity index (χ3v) is 4.47. The van der Waals surface area contributed by atoms with E-state index in [9.17, 15) is 9.59 Å². The first-order chi connectivity index (χ1) is 10.9. The molecule has 0 bridgehead atoms. The van der Waals surface area contributed by atoms with Crippen LogP contribution in [-0.2, 0) is 9.59 Å². The Morgan fingerprint density at radius 3 is 2.09 bits per heavy atom. The molecular weight excluding hydrogens is 310 g/mol. The molecule has 0 N–H and O–H groups in total. The fourth-order valence-electron chi connectivity index (χ4n) is 2.58. The van der Waals surface area contributed by atoms with Crippen LogP contribution in [0.4, 0.5) is 5.69 Å². The van der Waals surface area contributed by atoms with Gasteiger partial charge in [-0.2, -0.15) is 0 Å². The highest BCUT2D eigenvalue weighted by Crippen LogP contribution is 2.35. The summed E-state index contributed by atoms with van der Waals surface area (Å²) in [6.45, 7) is 5.91. The number of hydrogen-bond donors (Lipinski definition) is 0. The SMILES string of the molecule is Cc1ccc(N2C(=O)C(Cl)=C(c3ccc(C)c(C)c3)C2=O)cc1. The number of carbonyl (C=O) groups excluding carboxylic acids is 2. The molecule has 0 aliphatic carbocycles. The highest BCUT2D eigenvalue weighted by Gasteiger charge is 2.39. The maximum Gasteiger partial charge on any atom is 0.277 e. The fraction of sp³-hybridized carbons (Fsp3) is 0.158. The van der Waals surface area contributed by atoms with Gasteiger partial charge < -0.3 is 0 Å². The molecule has 0 saturated carbocycles. The number of aryl methyl sites for hydroxylation is 3. The maximum absolute atomic E-state index is 12.8. The minimum absolute atomic E-state index is 0.0289. The van der Waals surface area contributed by atoms with Crippen molar-refractivity contribution in [2.24, 2.45) is 0 Å². The van der Waals surface area contributed by atoms with E-state index >= 15 is 0 Å². The van der Waals surface area contributed by atoms with Crippen molar-refractivity contribution in [3.63, 3.8) is 0 Å². The van der Waals surface area contributed by atoms with Gasteiger partial charge in [-0.05, 0) is 49.6 Å². The minimum Gasteiger partial charge on any atom is -0.268 e. The van der Waals surface area contributed by atoms with Gasteiger partial charge in [0.05, 0.1) is 11.3 Å². The van der Waals surface area contributed by atoms with E-state index in [0.29, 0.717) is 11.3 Å². The van der Waals surface area contributed by atoms with E-state index in [1.807, 2.05) is 51.1 Å². The fourth-order valence-corrected chi connectivity index (χ4v) is 2.85. The summed E-state index contributed by atoms with van der Waals surface area (Å²) < 4.78 is 0. The average molecular weight is 326 g/mol. The zero-order chi connectivity index (χ0) is 16.7. The normalized spacial score (nSPS) is 14.9. The number of imide groups is 1. The zero-order valence-corrected chi connectivity index (χ0v) is 13.9. The number of rotatable bonds is 2. The van der Waals surface area contributed by atoms with Gasteiger partial charge in [0, 0.05) is 0 Å². The van der Waals surface area contributed by atoms with Crippen molar-refractivity contribution in [1.29, 1.82) is 0 Å². The Labute approximate surface area is 140 Å². The molecule has 1 aliphatic heterocycles. The first kappa shape index (κ1) is 15.5. The number of hydrogen-bond acceptors (Lipinski definition) is 2. The van der Waals surface area contributed by atoms with Gasteiger partial charge in [-0.15, -0.1) is 0 Å². The third kappa shape index (κ3) is 2.57. The summed E-state index contributed by atoms with van der Waals surface area (Å²) in [5, 5.41) is -0.0289. The number of amides is 2. The van der Waals surface area contributed by atoms with Crippen LogP contribution in [0.2, 0.25) is 0 Å². The van der Waals surface area contributed by atoms with Crippen LogP contribution in [0.15, 0.2) is 47.5 Å². The van der Waals surface area contributed by atoms with Crippen LogP contribution in [-0.4, -0.2) is 11.8 Å². The Hall–Kier alpha value is -2.39. The molecule has 3 rings (SSSR count). The van der Waals surface area contributed by atoms with E-state index < -0.39 is 5.91 Å². The molecule has 23 heavy (non-hydrogen) atoms. The summed E-state index contributed by atoms with van der Waals surface area (Å²) in [5.74, 6) is -0.860. The molecule has 116 valence electrons. The number of anilines is 1. The van der Waals surface area contributed by atoms with E-state index in [-0.39, 0.29) is 16.5 Å². The van der Waals surface area contributed by atoms with E-state index in [1.54, 1.807) is 12.1 Å². The molecule has 1 heterocycles. The maximum atomic E-state index is 12.8. The number of benzene rings is 2. The van der Waals surface area contributed by atoms with Gasteiger partial charge in [-0.1, -0.05) is 47.5 Å². The first-order valence-corrected chi connectivity index (χ1v) is 7.71. The second-order valence-corrected chi connectivity index (χ2v) is 6.15. The summed E-state index contributed by atoms with van der Waals surface area (Å²) in [6, 6.07) is 12.8. The summed E-state index contributed by atoms with van der Waals surface area (Å²) in [4.78, 5) is 26.4. The molecule has 4 heteroatoms. The molecule has 0 fully saturated rings. The van der Waals surface area contributed by atoms with Crippen molar-refractivity contribution < 1.29 is 9.59 Å². The Morgan fingerprint density at radius 1 is 0.826 bits per heavy atom. The van der Waals surface area contributed by atoms with Crippen molar-refractivity contribution in [3.8, 4) is 0 Å². The highest BCUT2D eigenvalue weighted by molar-refractivity contribution is 6.60. The quantitative estimate of drug-likeness (QED) is 0.778. The van der Waals surface area contributed by atoms with E-state index in [4.69, 9.17) is 11.6 Å². The third-order valence-electron chi connectivity index (χ3n) is 4.12. The number of nitrogens with zero attached hydrogens (tertiary/aromatic N) is 1. The Kier molecular flexibility index (Phi) is 3.82. The average Bonchev–Trinajstić information content (AvgIpc) is 2.74. The van der Waals surface area contributed by atoms with Crippen LogP contribution in [0.25, 0.3) is 5.57 Å². The minimum atomic E-state index is -0.478. The van der Waals surface area contributed by atoms with Crippen LogP contribution < -0.4 is 4.90 Å². The Bertz CT molecular complexity index is 850. The lowest BCUT2D eigenvalue weighted by Gasteiger charge is -2.15. The second-order valence-electron chi connectivity index (χ2n) is 5.77. The largest absolute Gasteiger partial charge is 0.277 e. The first-order valence-electron chi connectivity index (χ1n) is 7.33. The van der Waals surface area contributed by atoms with Gasteiger partial charge in [0.25, 0.3) is 11.8 Å². The topological polar surface area (TPSA) is 37.4 Å². The molecule has 0 aromatic heterocycles. The molecule has 2 aromatic carbocycles. The second kappa shape index (κ2) is 5.67. The van der Waals surface area contributed by atoms with Crippen molar-refractivity contribution >= 4 is 34.7 Å². The van der Waals surface area contributed by atoms with Crippen LogP contribution in [0.3, 0.4) is 0 Å². The number of carbonyl (C=O) groups is 2.